The highest BCUT2D eigenvalue weighted by Crippen LogP contribution is 2.31. The molecule has 0 bridgehead atoms. The highest BCUT2D eigenvalue weighted by Gasteiger charge is 2.24. The molecule has 1 aromatic carbocycles. The van der Waals surface area contributed by atoms with Gasteiger partial charge >= 0.3 is 6.09 Å². The van der Waals surface area contributed by atoms with Gasteiger partial charge in [-0.05, 0) is 31.9 Å². The fraction of sp³-hybridized carbons (Fsp3) is 0.500. The zero-order valence-electron chi connectivity index (χ0n) is 11.4. The molecule has 6 heteroatoms. The van der Waals surface area contributed by atoms with E-state index in [9.17, 15) is 4.79 Å². The Balaban J connectivity index is 1.90. The van der Waals surface area contributed by atoms with Crippen molar-refractivity contribution in [1.82, 2.24) is 4.90 Å². The van der Waals surface area contributed by atoms with Crippen molar-refractivity contribution in [2.24, 2.45) is 0 Å². The fourth-order valence-electron chi connectivity index (χ4n) is 2.26. The minimum atomic E-state index is -0.235. The molecule has 1 saturated heterocycles. The maximum atomic E-state index is 11.6. The number of hydrogen-bond donors (Lipinski definition) is 1. The van der Waals surface area contributed by atoms with Gasteiger partial charge in [0.1, 0.15) is 0 Å². The SMILES string of the molecule is CCOC(=O)N1CCC(Nc2c(Cl)cccc2Cl)CC1. The number of para-hydroxylation sites is 1. The molecular weight excluding hydrogens is 299 g/mol. The Morgan fingerprint density at radius 3 is 2.50 bits per heavy atom. The smallest absolute Gasteiger partial charge is 0.409 e. The summed E-state index contributed by atoms with van der Waals surface area (Å²) in [5.74, 6) is 0. The topological polar surface area (TPSA) is 41.6 Å². The molecule has 1 aliphatic rings. The largest absolute Gasteiger partial charge is 0.450 e. The zero-order chi connectivity index (χ0) is 14.5. The first kappa shape index (κ1) is 15.3. The van der Waals surface area contributed by atoms with Crippen LogP contribution in [0.2, 0.25) is 10.0 Å². The van der Waals surface area contributed by atoms with Crippen LogP contribution in [0.1, 0.15) is 19.8 Å². The Morgan fingerprint density at radius 1 is 1.35 bits per heavy atom. The standard InChI is InChI=1S/C14H18Cl2N2O2/c1-2-20-14(19)18-8-6-10(7-9-18)17-13-11(15)4-3-5-12(13)16/h3-5,10,17H,2,6-9H2,1H3. The molecule has 0 aliphatic carbocycles. The van der Waals surface area contributed by atoms with Gasteiger partial charge in [0.2, 0.25) is 0 Å². The van der Waals surface area contributed by atoms with E-state index >= 15 is 0 Å². The van der Waals surface area contributed by atoms with Crippen LogP contribution in [0.5, 0.6) is 0 Å². The molecule has 0 spiro atoms. The van der Waals surface area contributed by atoms with E-state index in [1.807, 2.05) is 25.1 Å². The minimum Gasteiger partial charge on any atom is -0.450 e. The highest BCUT2D eigenvalue weighted by molar-refractivity contribution is 6.39. The predicted octanol–water partition coefficient (Wildman–Crippen LogP) is 4.03. The van der Waals surface area contributed by atoms with Crippen LogP contribution in [0.4, 0.5) is 10.5 Å². The van der Waals surface area contributed by atoms with E-state index < -0.39 is 0 Å². The lowest BCUT2D eigenvalue weighted by Crippen LogP contribution is -2.42. The van der Waals surface area contributed by atoms with Crippen molar-refractivity contribution >= 4 is 35.0 Å². The number of benzene rings is 1. The van der Waals surface area contributed by atoms with Crippen molar-refractivity contribution < 1.29 is 9.53 Å². The number of amides is 1. The first-order chi connectivity index (χ1) is 9.61. The van der Waals surface area contributed by atoms with Crippen molar-refractivity contribution in [3.63, 3.8) is 0 Å². The number of carbonyl (C=O) groups is 1. The number of piperidine rings is 1. The van der Waals surface area contributed by atoms with Gasteiger partial charge < -0.3 is 15.0 Å². The van der Waals surface area contributed by atoms with Crippen LogP contribution in [-0.4, -0.2) is 36.7 Å². The second-order valence-electron chi connectivity index (χ2n) is 4.70. The molecule has 1 aromatic rings. The molecule has 1 amide bonds. The number of ether oxygens (including phenoxy) is 1. The molecule has 0 atom stereocenters. The Labute approximate surface area is 129 Å². The maximum absolute atomic E-state index is 11.6. The van der Waals surface area contributed by atoms with Crippen LogP contribution in [0.3, 0.4) is 0 Å². The number of likely N-dealkylation sites (tertiary alicyclic amines) is 1. The number of halogens is 2. The van der Waals surface area contributed by atoms with Crippen molar-refractivity contribution in [1.29, 1.82) is 0 Å². The molecule has 0 saturated carbocycles. The van der Waals surface area contributed by atoms with Crippen molar-refractivity contribution in [3.8, 4) is 0 Å². The molecule has 1 fully saturated rings. The summed E-state index contributed by atoms with van der Waals surface area (Å²) < 4.78 is 5.00. The van der Waals surface area contributed by atoms with E-state index in [1.54, 1.807) is 4.90 Å². The van der Waals surface area contributed by atoms with Gasteiger partial charge in [0.15, 0.2) is 0 Å². The van der Waals surface area contributed by atoms with Gasteiger partial charge in [0.05, 0.1) is 22.3 Å². The summed E-state index contributed by atoms with van der Waals surface area (Å²) in [7, 11) is 0. The third-order valence-corrected chi connectivity index (χ3v) is 3.96. The van der Waals surface area contributed by atoms with E-state index in [0.717, 1.165) is 18.5 Å². The predicted molar refractivity (Wildman–Crippen MR) is 81.7 cm³/mol. The van der Waals surface area contributed by atoms with Gasteiger partial charge in [0.25, 0.3) is 0 Å². The Kier molecular flexibility index (Phi) is 5.38. The maximum Gasteiger partial charge on any atom is 0.409 e. The van der Waals surface area contributed by atoms with Gasteiger partial charge in [-0.2, -0.15) is 0 Å². The number of rotatable bonds is 3. The molecule has 0 aromatic heterocycles. The summed E-state index contributed by atoms with van der Waals surface area (Å²) >= 11 is 12.3. The Hall–Kier alpha value is -1.13. The monoisotopic (exact) mass is 316 g/mol. The number of nitrogens with zero attached hydrogens (tertiary/aromatic N) is 1. The quantitative estimate of drug-likeness (QED) is 0.915. The summed E-state index contributed by atoms with van der Waals surface area (Å²) in [4.78, 5) is 13.3. The van der Waals surface area contributed by atoms with Crippen LogP contribution in [0.25, 0.3) is 0 Å². The van der Waals surface area contributed by atoms with Crippen molar-refractivity contribution in [2.75, 3.05) is 25.0 Å². The molecule has 2 rings (SSSR count). The summed E-state index contributed by atoms with van der Waals surface area (Å²) in [5.41, 5.74) is 0.769. The molecule has 1 heterocycles. The van der Waals surface area contributed by atoms with Gasteiger partial charge in [-0.15, -0.1) is 0 Å². The lowest BCUT2D eigenvalue weighted by molar-refractivity contribution is 0.0983. The van der Waals surface area contributed by atoms with E-state index in [2.05, 4.69) is 5.32 Å². The van der Waals surface area contributed by atoms with Crippen LogP contribution in [0, 0.1) is 0 Å². The second-order valence-corrected chi connectivity index (χ2v) is 5.52. The first-order valence-electron chi connectivity index (χ1n) is 6.74. The average molecular weight is 317 g/mol. The van der Waals surface area contributed by atoms with Gasteiger partial charge in [-0.1, -0.05) is 29.3 Å². The van der Waals surface area contributed by atoms with Crippen LogP contribution < -0.4 is 5.32 Å². The van der Waals surface area contributed by atoms with E-state index in [4.69, 9.17) is 27.9 Å². The Bertz CT molecular complexity index is 454. The molecule has 1 aliphatic heterocycles. The lowest BCUT2D eigenvalue weighted by atomic mass is 10.1. The summed E-state index contributed by atoms with van der Waals surface area (Å²) in [6.07, 6.45) is 1.46. The molecule has 0 radical (unpaired) electrons. The van der Waals surface area contributed by atoms with Crippen molar-refractivity contribution in [3.05, 3.63) is 28.2 Å². The fourth-order valence-corrected chi connectivity index (χ4v) is 2.77. The molecular formula is C14H18Cl2N2O2. The number of anilines is 1. The number of carbonyl (C=O) groups excluding carboxylic acids is 1. The molecule has 4 nitrogen and oxygen atoms in total. The van der Waals surface area contributed by atoms with Gasteiger partial charge in [-0.3, -0.25) is 0 Å². The third-order valence-electron chi connectivity index (χ3n) is 3.33. The summed E-state index contributed by atoms with van der Waals surface area (Å²) in [6.45, 7) is 3.58. The lowest BCUT2D eigenvalue weighted by Gasteiger charge is -2.32. The minimum absolute atomic E-state index is 0.235. The van der Waals surface area contributed by atoms with Crippen molar-refractivity contribution in [2.45, 2.75) is 25.8 Å². The third kappa shape index (κ3) is 3.70. The molecule has 20 heavy (non-hydrogen) atoms. The van der Waals surface area contributed by atoms with Crippen LogP contribution in [-0.2, 0) is 4.74 Å². The van der Waals surface area contributed by atoms with Crippen LogP contribution in [0.15, 0.2) is 18.2 Å². The van der Waals surface area contributed by atoms with E-state index in [0.29, 0.717) is 29.7 Å². The number of hydrogen-bond acceptors (Lipinski definition) is 3. The number of nitrogens with one attached hydrogen (secondary N) is 1. The summed E-state index contributed by atoms with van der Waals surface area (Å²) in [6, 6.07) is 5.70. The normalized spacial score (nSPS) is 16.1. The van der Waals surface area contributed by atoms with Gasteiger partial charge in [-0.25, -0.2) is 4.79 Å². The average Bonchev–Trinajstić information content (AvgIpc) is 2.44. The Morgan fingerprint density at radius 2 is 1.95 bits per heavy atom. The zero-order valence-corrected chi connectivity index (χ0v) is 12.9. The first-order valence-corrected chi connectivity index (χ1v) is 7.49. The highest BCUT2D eigenvalue weighted by atomic mass is 35.5. The molecule has 110 valence electrons. The van der Waals surface area contributed by atoms with Gasteiger partial charge in [0, 0.05) is 19.1 Å². The van der Waals surface area contributed by atoms with Crippen LogP contribution >= 0.6 is 23.2 Å². The summed E-state index contributed by atoms with van der Waals surface area (Å²) in [5, 5.41) is 4.60. The molecule has 1 N–H and O–H groups in total. The molecule has 0 unspecified atom stereocenters. The second kappa shape index (κ2) is 7.04. The van der Waals surface area contributed by atoms with E-state index in [-0.39, 0.29) is 12.1 Å². The van der Waals surface area contributed by atoms with E-state index in [1.165, 1.54) is 0 Å².